The molecule has 0 aromatic rings. The molecule has 46 valence electrons. The van der Waals surface area contributed by atoms with E-state index in [9.17, 15) is 0 Å². The quantitative estimate of drug-likeness (QED) is 0.526. The van der Waals surface area contributed by atoms with Crippen LogP contribution in [0.2, 0.25) is 0 Å². The first-order valence-corrected chi connectivity index (χ1v) is 2.81. The first kappa shape index (κ1) is 5.56. The van der Waals surface area contributed by atoms with Gasteiger partial charge in [0.2, 0.25) is 0 Å². The van der Waals surface area contributed by atoms with E-state index in [1.54, 1.807) is 0 Å². The molecule has 1 rings (SSSR count). The molecule has 3 nitrogen and oxygen atoms in total. The van der Waals surface area contributed by atoms with Gasteiger partial charge < -0.3 is 10.6 Å². The van der Waals surface area contributed by atoms with E-state index < -0.39 is 0 Å². The summed E-state index contributed by atoms with van der Waals surface area (Å²) in [4.78, 5) is 4.78. The van der Waals surface area contributed by atoms with Crippen molar-refractivity contribution >= 4 is 5.71 Å². The van der Waals surface area contributed by atoms with E-state index in [4.69, 9.17) is 10.6 Å². The number of nitrogens with two attached hydrogens (primary N) is 1. The van der Waals surface area contributed by atoms with Gasteiger partial charge >= 0.3 is 0 Å². The van der Waals surface area contributed by atoms with E-state index in [0.717, 1.165) is 25.2 Å². The number of rotatable bonds is 1. The predicted octanol–water partition coefficient (Wildman–Crippen LogP) is 0.111. The molecule has 0 bridgehead atoms. The molecule has 0 amide bonds. The van der Waals surface area contributed by atoms with Crippen LogP contribution < -0.4 is 5.73 Å². The molecule has 3 heteroatoms. The molecule has 0 spiro atoms. The SMILES string of the molecule is NCC1=NOCCC1. The van der Waals surface area contributed by atoms with Gasteiger partial charge in [-0.05, 0) is 12.8 Å². The van der Waals surface area contributed by atoms with Gasteiger partial charge in [-0.15, -0.1) is 0 Å². The Morgan fingerprint density at radius 3 is 3.00 bits per heavy atom. The maximum absolute atomic E-state index is 5.29. The third-order valence-corrected chi connectivity index (χ3v) is 1.13. The van der Waals surface area contributed by atoms with Crippen molar-refractivity contribution in [2.24, 2.45) is 10.9 Å². The lowest BCUT2D eigenvalue weighted by Crippen LogP contribution is -2.17. The van der Waals surface area contributed by atoms with Gasteiger partial charge in [-0.2, -0.15) is 0 Å². The molecule has 0 aromatic carbocycles. The fourth-order valence-corrected chi connectivity index (χ4v) is 0.663. The minimum absolute atomic E-state index is 0.542. The number of hydrogen-bond donors (Lipinski definition) is 1. The molecule has 0 fully saturated rings. The second-order valence-electron chi connectivity index (χ2n) is 1.80. The van der Waals surface area contributed by atoms with Crippen LogP contribution in [-0.2, 0) is 4.84 Å². The topological polar surface area (TPSA) is 47.6 Å². The van der Waals surface area contributed by atoms with Gasteiger partial charge in [0.05, 0.1) is 5.71 Å². The van der Waals surface area contributed by atoms with Crippen molar-refractivity contribution in [2.75, 3.05) is 13.2 Å². The predicted molar refractivity (Wildman–Crippen MR) is 31.7 cm³/mol. The molecule has 2 N–H and O–H groups in total. The molecule has 0 aromatic heterocycles. The van der Waals surface area contributed by atoms with E-state index in [-0.39, 0.29) is 0 Å². The van der Waals surface area contributed by atoms with Crippen molar-refractivity contribution in [2.45, 2.75) is 12.8 Å². The molecule has 1 aliphatic heterocycles. The summed E-state index contributed by atoms with van der Waals surface area (Å²) in [6.07, 6.45) is 2.08. The minimum Gasteiger partial charge on any atom is -0.396 e. The third-order valence-electron chi connectivity index (χ3n) is 1.13. The lowest BCUT2D eigenvalue weighted by atomic mass is 10.2. The maximum atomic E-state index is 5.29. The minimum atomic E-state index is 0.542. The molecule has 8 heavy (non-hydrogen) atoms. The van der Waals surface area contributed by atoms with Crippen molar-refractivity contribution in [1.82, 2.24) is 0 Å². The summed E-state index contributed by atoms with van der Waals surface area (Å²) in [5, 5.41) is 3.74. The molecule has 0 atom stereocenters. The fourth-order valence-electron chi connectivity index (χ4n) is 0.663. The molecule has 0 unspecified atom stereocenters. The molecule has 0 aliphatic carbocycles. The Morgan fingerprint density at radius 1 is 1.75 bits per heavy atom. The van der Waals surface area contributed by atoms with Crippen molar-refractivity contribution in [3.05, 3.63) is 0 Å². The van der Waals surface area contributed by atoms with E-state index in [1.807, 2.05) is 0 Å². The van der Waals surface area contributed by atoms with Crippen LogP contribution in [0.5, 0.6) is 0 Å². The van der Waals surface area contributed by atoms with Crippen molar-refractivity contribution in [1.29, 1.82) is 0 Å². The Bertz CT molecular complexity index is 101. The first-order chi connectivity index (χ1) is 3.93. The highest BCUT2D eigenvalue weighted by Crippen LogP contribution is 2.00. The zero-order valence-corrected chi connectivity index (χ0v) is 4.76. The van der Waals surface area contributed by atoms with E-state index in [1.165, 1.54) is 0 Å². The largest absolute Gasteiger partial charge is 0.396 e. The molecular weight excluding hydrogens is 104 g/mol. The van der Waals surface area contributed by atoms with Crippen LogP contribution in [0.4, 0.5) is 0 Å². The van der Waals surface area contributed by atoms with Crippen LogP contribution in [0, 0.1) is 0 Å². The van der Waals surface area contributed by atoms with E-state index in [2.05, 4.69) is 5.16 Å². The van der Waals surface area contributed by atoms with Crippen LogP contribution in [0.25, 0.3) is 0 Å². The molecule has 0 radical (unpaired) electrons. The zero-order valence-electron chi connectivity index (χ0n) is 4.76. The van der Waals surface area contributed by atoms with Crippen LogP contribution in [-0.4, -0.2) is 18.9 Å². The highest BCUT2D eigenvalue weighted by molar-refractivity contribution is 5.85. The zero-order chi connectivity index (χ0) is 5.82. The van der Waals surface area contributed by atoms with Crippen LogP contribution in [0.15, 0.2) is 5.16 Å². The summed E-state index contributed by atoms with van der Waals surface area (Å²) in [5.41, 5.74) is 6.28. The normalized spacial score (nSPS) is 19.4. The van der Waals surface area contributed by atoms with Crippen molar-refractivity contribution in [3.8, 4) is 0 Å². The Kier molecular flexibility index (Phi) is 1.86. The van der Waals surface area contributed by atoms with E-state index in [0.29, 0.717) is 6.54 Å². The lowest BCUT2D eigenvalue weighted by Gasteiger charge is -2.08. The van der Waals surface area contributed by atoms with Gasteiger partial charge in [-0.3, -0.25) is 0 Å². The average Bonchev–Trinajstić information content (AvgIpc) is 1.90. The van der Waals surface area contributed by atoms with Gasteiger partial charge in [0.25, 0.3) is 0 Å². The summed E-state index contributed by atoms with van der Waals surface area (Å²) in [6, 6.07) is 0. The Morgan fingerprint density at radius 2 is 2.62 bits per heavy atom. The highest BCUT2D eigenvalue weighted by atomic mass is 16.6. The second kappa shape index (κ2) is 2.67. The second-order valence-corrected chi connectivity index (χ2v) is 1.80. The summed E-state index contributed by atoms with van der Waals surface area (Å²) in [6.45, 7) is 1.30. The van der Waals surface area contributed by atoms with Gasteiger partial charge in [-0.25, -0.2) is 0 Å². The summed E-state index contributed by atoms with van der Waals surface area (Å²) < 4.78 is 0. The van der Waals surface area contributed by atoms with E-state index >= 15 is 0 Å². The summed E-state index contributed by atoms with van der Waals surface area (Å²) >= 11 is 0. The summed E-state index contributed by atoms with van der Waals surface area (Å²) in [7, 11) is 0. The molecule has 1 heterocycles. The lowest BCUT2D eigenvalue weighted by molar-refractivity contribution is 0.131. The number of oxime groups is 1. The number of nitrogens with zero attached hydrogens (tertiary/aromatic N) is 1. The van der Waals surface area contributed by atoms with Gasteiger partial charge in [0.1, 0.15) is 6.61 Å². The smallest absolute Gasteiger partial charge is 0.117 e. The molecule has 1 aliphatic rings. The van der Waals surface area contributed by atoms with Gasteiger partial charge in [0.15, 0.2) is 0 Å². The molecule has 0 saturated heterocycles. The third kappa shape index (κ3) is 1.20. The summed E-state index contributed by atoms with van der Waals surface area (Å²) in [5.74, 6) is 0. The number of hydrogen-bond acceptors (Lipinski definition) is 3. The van der Waals surface area contributed by atoms with Crippen molar-refractivity contribution in [3.63, 3.8) is 0 Å². The first-order valence-electron chi connectivity index (χ1n) is 2.81. The monoisotopic (exact) mass is 114 g/mol. The average molecular weight is 114 g/mol. The maximum Gasteiger partial charge on any atom is 0.117 e. The van der Waals surface area contributed by atoms with Gasteiger partial charge in [-0.1, -0.05) is 5.16 Å². The molecular formula is C5H10N2O. The van der Waals surface area contributed by atoms with Crippen LogP contribution in [0.1, 0.15) is 12.8 Å². The van der Waals surface area contributed by atoms with Crippen LogP contribution in [0.3, 0.4) is 0 Å². The Labute approximate surface area is 48.5 Å². The fraction of sp³-hybridized carbons (Fsp3) is 0.800. The van der Waals surface area contributed by atoms with Crippen LogP contribution >= 0.6 is 0 Å². The molecule has 0 saturated carbocycles. The Balaban J connectivity index is 2.37. The van der Waals surface area contributed by atoms with Crippen molar-refractivity contribution < 1.29 is 4.84 Å². The standard InChI is InChI=1S/C5H10N2O/c6-4-5-2-1-3-8-7-5/h1-4,6H2. The highest BCUT2D eigenvalue weighted by Gasteiger charge is 2.02. The van der Waals surface area contributed by atoms with Gasteiger partial charge in [0, 0.05) is 6.54 Å². The Hall–Kier alpha value is -0.570.